The van der Waals surface area contributed by atoms with Crippen molar-refractivity contribution in [2.75, 3.05) is 49.5 Å². The summed E-state index contributed by atoms with van der Waals surface area (Å²) in [7, 11) is 0. The van der Waals surface area contributed by atoms with Crippen LogP contribution in [0.25, 0.3) is 0 Å². The van der Waals surface area contributed by atoms with Gasteiger partial charge in [0, 0.05) is 54.7 Å². The van der Waals surface area contributed by atoms with Crippen molar-refractivity contribution < 1.29 is 18.7 Å². The molecule has 0 aliphatic carbocycles. The van der Waals surface area contributed by atoms with Crippen molar-refractivity contribution >= 4 is 39.7 Å². The highest BCUT2D eigenvalue weighted by molar-refractivity contribution is 7.14. The van der Waals surface area contributed by atoms with E-state index < -0.39 is 23.1 Å². The number of carbonyl (C=O) groups excluding carboxylic acids is 1. The fourth-order valence-electron chi connectivity index (χ4n) is 3.95. The number of carbonyl (C=O) groups is 1. The van der Waals surface area contributed by atoms with E-state index in [0.29, 0.717) is 43.4 Å². The number of rotatable bonds is 7. The molecule has 3 aromatic rings. The highest BCUT2D eigenvalue weighted by Crippen LogP contribution is 2.29. The zero-order valence-corrected chi connectivity index (χ0v) is 20.2. The number of β-amino-alcohol motifs (C(OH)–C–C–N with tert-alkyl or cyclic N) is 1. The van der Waals surface area contributed by atoms with Gasteiger partial charge < -0.3 is 10.0 Å². The number of nitrogens with one attached hydrogen (secondary N) is 1. The topological polar surface area (TPSA) is 68.7 Å². The molecule has 0 radical (unpaired) electrons. The highest BCUT2D eigenvalue weighted by Gasteiger charge is 2.24. The Kier molecular flexibility index (Phi) is 7.77. The Morgan fingerprint density at radius 1 is 1.18 bits per heavy atom. The van der Waals surface area contributed by atoms with E-state index in [9.17, 15) is 13.6 Å². The van der Waals surface area contributed by atoms with Gasteiger partial charge in [0.2, 0.25) is 0 Å². The number of aliphatic hydroxyl groups excluding tert-OH is 1. The molecule has 1 aliphatic heterocycles. The molecule has 1 amide bonds. The number of aromatic nitrogens is 1. The first-order valence-electron chi connectivity index (χ1n) is 10.9. The molecule has 4 rings (SSSR count). The summed E-state index contributed by atoms with van der Waals surface area (Å²) in [6.07, 6.45) is 0. The zero-order chi connectivity index (χ0) is 24.2. The number of thiazole rings is 1. The van der Waals surface area contributed by atoms with Gasteiger partial charge in [0.05, 0.1) is 12.3 Å². The largest absolute Gasteiger partial charge is 0.395 e. The lowest BCUT2D eigenvalue weighted by Crippen LogP contribution is -2.47. The molecule has 0 spiro atoms. The minimum Gasteiger partial charge on any atom is -0.395 e. The molecule has 10 heteroatoms. The van der Waals surface area contributed by atoms with Gasteiger partial charge in [0.15, 0.2) is 5.13 Å². The van der Waals surface area contributed by atoms with Gasteiger partial charge in [-0.2, -0.15) is 0 Å². The summed E-state index contributed by atoms with van der Waals surface area (Å²) >= 11 is 7.14. The predicted octanol–water partition coefficient (Wildman–Crippen LogP) is 4.59. The van der Waals surface area contributed by atoms with Gasteiger partial charge in [-0.15, -0.1) is 11.3 Å². The first-order valence-corrected chi connectivity index (χ1v) is 12.2. The van der Waals surface area contributed by atoms with Gasteiger partial charge in [-0.05, 0) is 29.8 Å². The van der Waals surface area contributed by atoms with Gasteiger partial charge in [0.1, 0.15) is 17.2 Å². The molecule has 1 aromatic heterocycles. The SMILES string of the molecule is C[C@H](c1ccc(Cl)cc1)c1csc(NC(=O)c2c(F)cc(N3CCN(CCO)CC3)cc2F)n1. The number of hydrogen-bond acceptors (Lipinski definition) is 6. The molecule has 1 saturated heterocycles. The quantitative estimate of drug-likeness (QED) is 0.490. The van der Waals surface area contributed by atoms with E-state index in [-0.39, 0.29) is 17.7 Å². The maximum Gasteiger partial charge on any atom is 0.263 e. The summed E-state index contributed by atoms with van der Waals surface area (Å²) in [4.78, 5) is 21.0. The Bertz CT molecular complexity index is 1130. The zero-order valence-electron chi connectivity index (χ0n) is 18.6. The Balaban J connectivity index is 1.44. The average molecular weight is 507 g/mol. The number of hydrogen-bond donors (Lipinski definition) is 2. The van der Waals surface area contributed by atoms with Crippen LogP contribution in [0.4, 0.5) is 19.6 Å². The maximum absolute atomic E-state index is 14.8. The van der Waals surface area contributed by atoms with Crippen LogP contribution in [0.5, 0.6) is 0 Å². The van der Waals surface area contributed by atoms with Crippen molar-refractivity contribution in [2.24, 2.45) is 0 Å². The molecule has 0 saturated carbocycles. The molecule has 34 heavy (non-hydrogen) atoms. The number of benzene rings is 2. The molecule has 1 atom stereocenters. The van der Waals surface area contributed by atoms with Gasteiger partial charge >= 0.3 is 0 Å². The predicted molar refractivity (Wildman–Crippen MR) is 131 cm³/mol. The molecule has 2 heterocycles. The summed E-state index contributed by atoms with van der Waals surface area (Å²) in [5.41, 5.74) is 1.50. The Hall–Kier alpha value is -2.59. The average Bonchev–Trinajstić information content (AvgIpc) is 3.27. The van der Waals surface area contributed by atoms with Crippen LogP contribution in [0.1, 0.15) is 34.5 Å². The third-order valence-corrected chi connectivity index (χ3v) is 6.99. The molecule has 2 N–H and O–H groups in total. The standard InChI is InChI=1S/C24H25ClF2N4O2S/c1-15(16-2-4-17(25)5-3-16)21-14-34-24(28-21)29-23(33)22-19(26)12-18(13-20(22)27)31-8-6-30(7-9-31)10-11-32/h2-5,12-15,32H,6-11H2,1H3,(H,28,29,33)/t15-/m1/s1. The minimum atomic E-state index is -0.920. The van der Waals surface area contributed by atoms with Crippen LogP contribution in [-0.4, -0.2) is 60.2 Å². The van der Waals surface area contributed by atoms with Crippen LogP contribution >= 0.6 is 22.9 Å². The Morgan fingerprint density at radius 3 is 2.44 bits per heavy atom. The second-order valence-corrected chi connectivity index (χ2v) is 9.44. The molecule has 0 bridgehead atoms. The molecular formula is C24H25ClF2N4O2S. The lowest BCUT2D eigenvalue weighted by Gasteiger charge is -2.35. The summed E-state index contributed by atoms with van der Waals surface area (Å²) < 4.78 is 29.6. The lowest BCUT2D eigenvalue weighted by atomic mass is 9.99. The fourth-order valence-corrected chi connectivity index (χ4v) is 4.88. The van der Waals surface area contributed by atoms with Gasteiger partial charge in [-0.25, -0.2) is 13.8 Å². The second-order valence-electron chi connectivity index (χ2n) is 8.14. The van der Waals surface area contributed by atoms with E-state index in [1.807, 2.05) is 24.0 Å². The third-order valence-electron chi connectivity index (χ3n) is 5.96. The van der Waals surface area contributed by atoms with Gasteiger partial charge in [0.25, 0.3) is 5.91 Å². The first kappa shape index (κ1) is 24.5. The van der Waals surface area contributed by atoms with Crippen LogP contribution in [0.3, 0.4) is 0 Å². The number of piperazine rings is 1. The number of halogens is 3. The molecule has 2 aromatic carbocycles. The van der Waals surface area contributed by atoms with Crippen LogP contribution in [0, 0.1) is 11.6 Å². The van der Waals surface area contributed by atoms with E-state index in [2.05, 4.69) is 15.2 Å². The van der Waals surface area contributed by atoms with Crippen LogP contribution in [-0.2, 0) is 0 Å². The summed E-state index contributed by atoms with van der Waals surface area (Å²) in [5.74, 6) is -2.76. The maximum atomic E-state index is 14.8. The number of nitrogens with zero attached hydrogens (tertiary/aromatic N) is 3. The normalized spacial score (nSPS) is 15.4. The molecular weight excluding hydrogens is 482 g/mol. The monoisotopic (exact) mass is 506 g/mol. The van der Waals surface area contributed by atoms with E-state index in [0.717, 1.165) is 11.3 Å². The highest BCUT2D eigenvalue weighted by atomic mass is 35.5. The smallest absolute Gasteiger partial charge is 0.263 e. The van der Waals surface area contributed by atoms with Crippen molar-refractivity contribution in [3.05, 3.63) is 75.3 Å². The van der Waals surface area contributed by atoms with Gasteiger partial charge in [-0.3, -0.25) is 15.0 Å². The van der Waals surface area contributed by atoms with E-state index in [4.69, 9.17) is 16.7 Å². The van der Waals surface area contributed by atoms with E-state index in [1.165, 1.54) is 23.5 Å². The Morgan fingerprint density at radius 2 is 1.82 bits per heavy atom. The number of anilines is 2. The van der Waals surface area contributed by atoms with E-state index >= 15 is 0 Å². The summed E-state index contributed by atoms with van der Waals surface area (Å²) in [6, 6.07) is 9.79. The second kappa shape index (κ2) is 10.8. The summed E-state index contributed by atoms with van der Waals surface area (Å²) in [5, 5.41) is 14.3. The lowest BCUT2D eigenvalue weighted by molar-refractivity contribution is 0.101. The molecule has 1 fully saturated rings. The number of aliphatic hydroxyl groups is 1. The Labute approximate surface area is 205 Å². The van der Waals surface area contributed by atoms with E-state index in [1.54, 1.807) is 17.5 Å². The molecule has 0 unspecified atom stereocenters. The van der Waals surface area contributed by atoms with Crippen molar-refractivity contribution in [2.45, 2.75) is 12.8 Å². The third kappa shape index (κ3) is 5.55. The number of amides is 1. The molecule has 6 nitrogen and oxygen atoms in total. The first-order chi connectivity index (χ1) is 16.4. The fraction of sp³-hybridized carbons (Fsp3) is 0.333. The summed E-state index contributed by atoms with van der Waals surface area (Å²) in [6.45, 7) is 5.17. The molecule has 180 valence electrons. The van der Waals surface area contributed by atoms with Gasteiger partial charge in [-0.1, -0.05) is 30.7 Å². The molecule has 1 aliphatic rings. The van der Waals surface area contributed by atoms with Crippen molar-refractivity contribution in [3.63, 3.8) is 0 Å². The minimum absolute atomic E-state index is 0.0373. The van der Waals surface area contributed by atoms with Crippen molar-refractivity contribution in [1.29, 1.82) is 0 Å². The van der Waals surface area contributed by atoms with Crippen LogP contribution in [0.15, 0.2) is 41.8 Å². The van der Waals surface area contributed by atoms with Crippen molar-refractivity contribution in [3.8, 4) is 0 Å². The van der Waals surface area contributed by atoms with Crippen LogP contribution < -0.4 is 10.2 Å². The van der Waals surface area contributed by atoms with Crippen molar-refractivity contribution in [1.82, 2.24) is 9.88 Å². The van der Waals surface area contributed by atoms with Crippen LogP contribution in [0.2, 0.25) is 5.02 Å².